The number of nitrogens with one attached hydrogen (secondary N) is 1. The zero-order valence-corrected chi connectivity index (χ0v) is 32.5. The number of ether oxygens (including phenoxy) is 7. The van der Waals surface area contributed by atoms with E-state index in [1.165, 1.54) is 0 Å². The van der Waals surface area contributed by atoms with Crippen LogP contribution in [0.2, 0.25) is 5.02 Å². The number of aromatic nitrogens is 8. The van der Waals surface area contributed by atoms with Crippen molar-refractivity contribution in [3.63, 3.8) is 0 Å². The van der Waals surface area contributed by atoms with Gasteiger partial charge in [0, 0.05) is 57.2 Å². The Hall–Kier alpha value is -3.97. The van der Waals surface area contributed by atoms with Crippen molar-refractivity contribution in [2.24, 2.45) is 0 Å². The first-order valence-corrected chi connectivity index (χ1v) is 19.5. The van der Waals surface area contributed by atoms with Crippen LogP contribution in [0.3, 0.4) is 0 Å². The third kappa shape index (κ3) is 12.8. The summed E-state index contributed by atoms with van der Waals surface area (Å²) < 4.78 is 43.2. The van der Waals surface area contributed by atoms with Gasteiger partial charge in [0.1, 0.15) is 23.9 Å². The van der Waals surface area contributed by atoms with Gasteiger partial charge in [0.2, 0.25) is 5.95 Å². The zero-order valence-electron chi connectivity index (χ0n) is 31.8. The summed E-state index contributed by atoms with van der Waals surface area (Å²) in [5.74, 6) is 1.49. The summed E-state index contributed by atoms with van der Waals surface area (Å²) in [6, 6.07) is 6.47. The molecule has 300 valence electrons. The van der Waals surface area contributed by atoms with E-state index in [9.17, 15) is 0 Å². The van der Waals surface area contributed by atoms with Crippen molar-refractivity contribution in [1.29, 1.82) is 0 Å². The second kappa shape index (κ2) is 21.9. The minimum absolute atomic E-state index is 0.217. The molecule has 1 saturated heterocycles. The van der Waals surface area contributed by atoms with Gasteiger partial charge in [-0.3, -0.25) is 9.58 Å². The Labute approximate surface area is 326 Å². The Morgan fingerprint density at radius 1 is 0.891 bits per heavy atom. The molecule has 1 N–H and O–H groups in total. The molecule has 55 heavy (non-hydrogen) atoms. The van der Waals surface area contributed by atoms with Gasteiger partial charge in [0.05, 0.1) is 83.3 Å². The van der Waals surface area contributed by atoms with Crippen LogP contribution in [0.5, 0.6) is 11.6 Å². The fraction of sp³-hybridized carbons (Fsp3) is 0.622. The van der Waals surface area contributed by atoms with Gasteiger partial charge in [-0.25, -0.2) is 14.6 Å². The van der Waals surface area contributed by atoms with Crippen LogP contribution in [0.25, 0.3) is 11.1 Å². The van der Waals surface area contributed by atoms with E-state index in [2.05, 4.69) is 35.7 Å². The number of rotatable bonds is 23. The van der Waals surface area contributed by atoms with Crippen LogP contribution < -0.4 is 14.8 Å². The molecule has 18 heteroatoms. The lowest BCUT2D eigenvalue weighted by Gasteiger charge is -2.38. The molecule has 3 aromatic heterocycles. The van der Waals surface area contributed by atoms with Crippen molar-refractivity contribution in [2.45, 2.75) is 63.8 Å². The lowest BCUT2D eigenvalue weighted by molar-refractivity contribution is 0.00242. The van der Waals surface area contributed by atoms with Crippen molar-refractivity contribution in [2.75, 3.05) is 91.6 Å². The fourth-order valence-corrected chi connectivity index (χ4v) is 6.78. The molecule has 1 atom stereocenters. The third-order valence-electron chi connectivity index (χ3n) is 9.47. The molecule has 0 amide bonds. The van der Waals surface area contributed by atoms with E-state index < -0.39 is 0 Å². The van der Waals surface area contributed by atoms with Gasteiger partial charge in [-0.1, -0.05) is 17.7 Å². The molecular weight excluding hydrogens is 732 g/mol. The highest BCUT2D eigenvalue weighted by molar-refractivity contribution is 6.32. The monoisotopic (exact) mass is 784 g/mol. The summed E-state index contributed by atoms with van der Waals surface area (Å²) in [7, 11) is 1.65. The smallest absolute Gasteiger partial charge is 0.256 e. The Morgan fingerprint density at radius 2 is 1.60 bits per heavy atom. The molecule has 4 aromatic rings. The van der Waals surface area contributed by atoms with Crippen LogP contribution in [0.4, 0.5) is 11.6 Å². The van der Waals surface area contributed by atoms with Crippen molar-refractivity contribution in [3.05, 3.63) is 48.1 Å². The molecule has 0 spiro atoms. The van der Waals surface area contributed by atoms with E-state index in [4.69, 9.17) is 49.9 Å². The van der Waals surface area contributed by atoms with Gasteiger partial charge in [-0.05, 0) is 60.7 Å². The largest absolute Gasteiger partial charge is 0.487 e. The first kappa shape index (κ1) is 40.7. The Balaban J connectivity index is 1.03. The first-order valence-electron chi connectivity index (χ1n) is 19.1. The molecule has 1 aromatic carbocycles. The standard InChI is InChI=1S/C37H53ClN10O7/c1-28(25-47-27-41-44-45-47)55-35-22-29(4-9-33(35)38)30-23-39-37(40-24-30)42-34-26-48(32-7-5-31(6-8-32)46-10-14-51-15-11-46)43-36(34)54-13-3-12-50-18-19-53-21-20-52-17-16-49-2/h4,9,22-24,26-28,31-32H,3,5-8,10-21,25H2,1-2H3,(H,39,40,42)/t28-,31?,32?/m0/s1. The van der Waals surface area contributed by atoms with Crippen molar-refractivity contribution < 1.29 is 33.2 Å². The molecule has 17 nitrogen and oxygen atoms in total. The lowest BCUT2D eigenvalue weighted by atomic mass is 9.90. The Kier molecular flexibility index (Phi) is 16.2. The number of benzene rings is 1. The predicted octanol–water partition coefficient (Wildman–Crippen LogP) is 4.47. The van der Waals surface area contributed by atoms with E-state index >= 15 is 0 Å². The topological polar surface area (TPSA) is 167 Å². The van der Waals surface area contributed by atoms with E-state index in [0.717, 1.165) is 63.1 Å². The van der Waals surface area contributed by atoms with E-state index in [1.54, 1.807) is 36.6 Å². The Morgan fingerprint density at radius 3 is 2.31 bits per heavy atom. The molecule has 0 bridgehead atoms. The van der Waals surface area contributed by atoms with Gasteiger partial charge in [0.25, 0.3) is 5.88 Å². The average Bonchev–Trinajstić information content (AvgIpc) is 3.88. The molecule has 2 fully saturated rings. The fourth-order valence-electron chi connectivity index (χ4n) is 6.62. The first-order chi connectivity index (χ1) is 27.1. The maximum absolute atomic E-state index is 6.48. The van der Waals surface area contributed by atoms with Crippen molar-refractivity contribution in [3.8, 4) is 22.8 Å². The zero-order chi connectivity index (χ0) is 38.1. The van der Waals surface area contributed by atoms with Crippen LogP contribution in [0, 0.1) is 0 Å². The summed E-state index contributed by atoms with van der Waals surface area (Å²) in [5.41, 5.74) is 2.39. The summed E-state index contributed by atoms with van der Waals surface area (Å²) in [4.78, 5) is 11.8. The summed E-state index contributed by atoms with van der Waals surface area (Å²) in [6.45, 7) is 10.3. The highest BCUT2D eigenvalue weighted by atomic mass is 35.5. The van der Waals surface area contributed by atoms with E-state index in [1.807, 2.05) is 29.9 Å². The van der Waals surface area contributed by atoms with Gasteiger partial charge in [-0.2, -0.15) is 0 Å². The summed E-state index contributed by atoms with van der Waals surface area (Å²) in [5, 5.41) is 20.0. The number of morpholine rings is 1. The number of hydrogen-bond acceptors (Lipinski definition) is 15. The van der Waals surface area contributed by atoms with Crippen LogP contribution in [0.15, 0.2) is 43.1 Å². The number of tetrazole rings is 1. The third-order valence-corrected chi connectivity index (χ3v) is 9.79. The van der Waals surface area contributed by atoms with E-state index in [-0.39, 0.29) is 12.1 Å². The molecule has 0 unspecified atom stereocenters. The number of hydrogen-bond donors (Lipinski definition) is 1. The molecule has 1 aliphatic heterocycles. The molecule has 0 radical (unpaired) electrons. The number of halogens is 1. The summed E-state index contributed by atoms with van der Waals surface area (Å²) >= 11 is 6.48. The summed E-state index contributed by atoms with van der Waals surface area (Å²) in [6.07, 6.45) is 11.9. The Bertz CT molecular complexity index is 1670. The molecule has 2 aliphatic rings. The lowest BCUT2D eigenvalue weighted by Crippen LogP contribution is -2.45. The van der Waals surface area contributed by atoms with Crippen molar-refractivity contribution >= 4 is 23.2 Å². The second-order valence-corrected chi connectivity index (χ2v) is 13.9. The number of methoxy groups -OCH3 is 1. The van der Waals surface area contributed by atoms with E-state index in [0.29, 0.717) is 100 Å². The molecule has 1 aliphatic carbocycles. The quantitative estimate of drug-likeness (QED) is 0.105. The van der Waals surface area contributed by atoms with Gasteiger partial charge in [0.15, 0.2) is 0 Å². The minimum atomic E-state index is -0.217. The van der Waals surface area contributed by atoms with Crippen LogP contribution in [-0.2, 0) is 30.2 Å². The molecule has 6 rings (SSSR count). The molecular formula is C37H53ClN10O7. The van der Waals surface area contributed by atoms with Crippen molar-refractivity contribution in [1.82, 2.24) is 44.9 Å². The van der Waals surface area contributed by atoms with Gasteiger partial charge in [-0.15, -0.1) is 10.2 Å². The molecule has 1 saturated carbocycles. The van der Waals surface area contributed by atoms with Gasteiger partial charge >= 0.3 is 0 Å². The van der Waals surface area contributed by atoms with Gasteiger partial charge < -0.3 is 38.5 Å². The van der Waals surface area contributed by atoms with Crippen LogP contribution in [0.1, 0.15) is 45.1 Å². The highest BCUT2D eigenvalue weighted by Gasteiger charge is 2.29. The second-order valence-electron chi connectivity index (χ2n) is 13.5. The average molecular weight is 785 g/mol. The maximum atomic E-state index is 6.48. The SMILES string of the molecule is COCCOCCOCCOCCCOc1nn(C2CCC(N3CCOCC3)CC2)cc1Nc1ncc(-c2ccc(Cl)c(O[C@@H](C)Cn3cnnn3)c2)cn1. The highest BCUT2D eigenvalue weighted by Crippen LogP contribution is 2.35. The van der Waals surface area contributed by atoms with Crippen LogP contribution >= 0.6 is 11.6 Å². The number of anilines is 2. The minimum Gasteiger partial charge on any atom is -0.487 e. The normalized spacial score (nSPS) is 18.3. The maximum Gasteiger partial charge on any atom is 0.256 e. The molecule has 4 heterocycles. The predicted molar refractivity (Wildman–Crippen MR) is 204 cm³/mol. The van der Waals surface area contributed by atoms with Crippen LogP contribution in [-0.4, -0.2) is 143 Å². The number of nitrogens with zero attached hydrogens (tertiary/aromatic N) is 9.